The molecule has 4 nitrogen and oxygen atoms in total. The summed E-state index contributed by atoms with van der Waals surface area (Å²) in [7, 11) is 0. The summed E-state index contributed by atoms with van der Waals surface area (Å²) in [6, 6.07) is 4.18. The fraction of sp³-hybridized carbons (Fsp3) is 0.571. The number of hydrogen-bond acceptors (Lipinski definition) is 4. The van der Waals surface area contributed by atoms with Crippen molar-refractivity contribution in [3.8, 4) is 0 Å². The van der Waals surface area contributed by atoms with E-state index in [1.54, 1.807) is 6.26 Å². The second-order valence-corrected chi connectivity index (χ2v) is 4.64. The zero-order valence-corrected chi connectivity index (χ0v) is 10.5. The van der Waals surface area contributed by atoms with Crippen molar-refractivity contribution in [1.29, 1.82) is 0 Å². The molecule has 0 spiro atoms. The molecule has 1 heterocycles. The largest absolute Gasteiger partial charge is 0.467 e. The molecule has 18 heavy (non-hydrogen) atoms. The predicted octanol–water partition coefficient (Wildman–Crippen LogP) is 1.86. The maximum Gasteiger partial charge on any atom is 0.129 e. The van der Waals surface area contributed by atoms with Gasteiger partial charge >= 0.3 is 0 Å². The van der Waals surface area contributed by atoms with E-state index in [2.05, 4.69) is 17.5 Å². The summed E-state index contributed by atoms with van der Waals surface area (Å²) < 4.78 is 10.5. The summed E-state index contributed by atoms with van der Waals surface area (Å²) in [4.78, 5) is 0. The Bertz CT molecular complexity index is 348. The third-order valence-corrected chi connectivity index (χ3v) is 3.05. The Hall–Kier alpha value is -1.10. The van der Waals surface area contributed by atoms with Crippen LogP contribution in [0.5, 0.6) is 0 Å². The third-order valence-electron chi connectivity index (χ3n) is 3.05. The molecule has 2 unspecified atom stereocenters. The molecule has 2 atom stereocenters. The van der Waals surface area contributed by atoms with Gasteiger partial charge < -0.3 is 19.6 Å². The SMILES string of the molecule is OC(CNC1CC=CCC1)COCc1ccco1. The van der Waals surface area contributed by atoms with Gasteiger partial charge in [-0.2, -0.15) is 0 Å². The smallest absolute Gasteiger partial charge is 0.129 e. The van der Waals surface area contributed by atoms with Crippen LogP contribution in [0.3, 0.4) is 0 Å². The second-order valence-electron chi connectivity index (χ2n) is 4.64. The molecule has 0 saturated heterocycles. The Kier molecular flexibility index (Phi) is 5.45. The number of allylic oxidation sites excluding steroid dienone is 1. The van der Waals surface area contributed by atoms with E-state index >= 15 is 0 Å². The fourth-order valence-electron chi connectivity index (χ4n) is 2.03. The zero-order chi connectivity index (χ0) is 12.6. The van der Waals surface area contributed by atoms with Gasteiger partial charge in [-0.15, -0.1) is 0 Å². The molecule has 1 aromatic heterocycles. The van der Waals surface area contributed by atoms with Crippen LogP contribution in [0, 0.1) is 0 Å². The Morgan fingerprint density at radius 3 is 3.17 bits per heavy atom. The summed E-state index contributed by atoms with van der Waals surface area (Å²) in [5.74, 6) is 0.785. The quantitative estimate of drug-likeness (QED) is 0.726. The molecule has 2 rings (SSSR count). The molecule has 0 saturated carbocycles. The molecule has 0 fully saturated rings. The van der Waals surface area contributed by atoms with E-state index in [1.807, 2.05) is 12.1 Å². The highest BCUT2D eigenvalue weighted by molar-refractivity contribution is 4.96. The van der Waals surface area contributed by atoms with E-state index in [1.165, 1.54) is 0 Å². The van der Waals surface area contributed by atoms with Gasteiger partial charge in [-0.05, 0) is 31.4 Å². The highest BCUT2D eigenvalue weighted by atomic mass is 16.5. The van der Waals surface area contributed by atoms with E-state index in [-0.39, 0.29) is 0 Å². The fourth-order valence-corrected chi connectivity index (χ4v) is 2.03. The van der Waals surface area contributed by atoms with Crippen LogP contribution >= 0.6 is 0 Å². The van der Waals surface area contributed by atoms with Gasteiger partial charge in [0.2, 0.25) is 0 Å². The van der Waals surface area contributed by atoms with Crippen molar-refractivity contribution >= 4 is 0 Å². The van der Waals surface area contributed by atoms with Crippen molar-refractivity contribution in [3.05, 3.63) is 36.3 Å². The van der Waals surface area contributed by atoms with Gasteiger partial charge in [-0.25, -0.2) is 0 Å². The number of rotatable bonds is 7. The number of hydrogen-bond donors (Lipinski definition) is 2. The molecule has 0 aliphatic heterocycles. The van der Waals surface area contributed by atoms with Gasteiger partial charge in [-0.3, -0.25) is 0 Å². The average molecular weight is 251 g/mol. The van der Waals surface area contributed by atoms with Crippen molar-refractivity contribution in [2.45, 2.75) is 38.0 Å². The number of nitrogens with one attached hydrogen (secondary N) is 1. The maximum absolute atomic E-state index is 9.77. The van der Waals surface area contributed by atoms with Crippen LogP contribution in [0.2, 0.25) is 0 Å². The molecule has 2 N–H and O–H groups in total. The molecule has 0 amide bonds. The molecular formula is C14H21NO3. The zero-order valence-electron chi connectivity index (χ0n) is 10.5. The molecule has 1 aromatic rings. The molecule has 0 bridgehead atoms. The van der Waals surface area contributed by atoms with E-state index < -0.39 is 6.10 Å². The Labute approximate surface area is 108 Å². The second kappa shape index (κ2) is 7.36. The first kappa shape index (κ1) is 13.3. The summed E-state index contributed by atoms with van der Waals surface area (Å²) >= 11 is 0. The van der Waals surface area contributed by atoms with Crippen molar-refractivity contribution < 1.29 is 14.3 Å². The number of aliphatic hydroxyl groups excluding tert-OH is 1. The third kappa shape index (κ3) is 4.64. The van der Waals surface area contributed by atoms with Gasteiger partial charge in [0.15, 0.2) is 0 Å². The summed E-state index contributed by atoms with van der Waals surface area (Å²) in [6.45, 7) is 1.32. The lowest BCUT2D eigenvalue weighted by Crippen LogP contribution is -2.37. The van der Waals surface area contributed by atoms with Gasteiger partial charge in [0.25, 0.3) is 0 Å². The summed E-state index contributed by atoms with van der Waals surface area (Å²) in [6.07, 6.45) is 8.89. The van der Waals surface area contributed by atoms with E-state index in [0.29, 0.717) is 25.8 Å². The van der Waals surface area contributed by atoms with Gasteiger partial charge in [0, 0.05) is 12.6 Å². The molecule has 1 aliphatic rings. The molecule has 0 aromatic carbocycles. The molecule has 0 radical (unpaired) electrons. The molecule has 4 heteroatoms. The standard InChI is InChI=1S/C14H21NO3/c16-13(9-15-12-5-2-1-3-6-12)10-17-11-14-7-4-8-18-14/h1-2,4,7-8,12-13,15-16H,3,5-6,9-11H2. The number of ether oxygens (including phenoxy) is 1. The first-order chi connectivity index (χ1) is 8.84. The first-order valence-corrected chi connectivity index (χ1v) is 6.51. The normalized spacial score (nSPS) is 21.1. The van der Waals surface area contributed by atoms with Crippen molar-refractivity contribution in [1.82, 2.24) is 5.32 Å². The predicted molar refractivity (Wildman–Crippen MR) is 69.2 cm³/mol. The minimum absolute atomic E-state index is 0.330. The highest BCUT2D eigenvalue weighted by Gasteiger charge is 2.11. The molecular weight excluding hydrogens is 230 g/mol. The topological polar surface area (TPSA) is 54.6 Å². The Morgan fingerprint density at radius 2 is 2.44 bits per heavy atom. The van der Waals surface area contributed by atoms with Gasteiger partial charge in [0.05, 0.1) is 19.0 Å². The van der Waals surface area contributed by atoms with Crippen molar-refractivity contribution in [2.24, 2.45) is 0 Å². The Balaban J connectivity index is 1.54. The number of furan rings is 1. The van der Waals surface area contributed by atoms with E-state index in [0.717, 1.165) is 25.0 Å². The Morgan fingerprint density at radius 1 is 1.50 bits per heavy atom. The van der Waals surface area contributed by atoms with E-state index in [4.69, 9.17) is 9.15 Å². The first-order valence-electron chi connectivity index (χ1n) is 6.51. The van der Waals surface area contributed by atoms with Crippen LogP contribution in [-0.4, -0.2) is 30.4 Å². The van der Waals surface area contributed by atoms with Crippen LogP contribution in [0.25, 0.3) is 0 Å². The summed E-state index contributed by atoms with van der Waals surface area (Å²) in [5, 5.41) is 13.1. The van der Waals surface area contributed by atoms with Crippen LogP contribution in [0.1, 0.15) is 25.0 Å². The minimum atomic E-state index is -0.467. The van der Waals surface area contributed by atoms with Gasteiger partial charge in [-0.1, -0.05) is 12.2 Å². The van der Waals surface area contributed by atoms with Gasteiger partial charge in [0.1, 0.15) is 12.4 Å². The molecule has 100 valence electrons. The van der Waals surface area contributed by atoms with Crippen LogP contribution < -0.4 is 5.32 Å². The van der Waals surface area contributed by atoms with Crippen LogP contribution in [-0.2, 0) is 11.3 Å². The lowest BCUT2D eigenvalue weighted by atomic mass is 10.0. The average Bonchev–Trinajstić information content (AvgIpc) is 2.91. The number of aliphatic hydroxyl groups is 1. The van der Waals surface area contributed by atoms with Crippen molar-refractivity contribution in [3.63, 3.8) is 0 Å². The minimum Gasteiger partial charge on any atom is -0.467 e. The lowest BCUT2D eigenvalue weighted by Gasteiger charge is -2.21. The molecule has 1 aliphatic carbocycles. The van der Waals surface area contributed by atoms with Crippen LogP contribution in [0.4, 0.5) is 0 Å². The van der Waals surface area contributed by atoms with Crippen LogP contribution in [0.15, 0.2) is 35.0 Å². The maximum atomic E-state index is 9.77. The summed E-state index contributed by atoms with van der Waals surface area (Å²) in [5.41, 5.74) is 0. The van der Waals surface area contributed by atoms with E-state index in [9.17, 15) is 5.11 Å². The monoisotopic (exact) mass is 251 g/mol. The van der Waals surface area contributed by atoms with Crippen molar-refractivity contribution in [2.75, 3.05) is 13.2 Å². The highest BCUT2D eigenvalue weighted by Crippen LogP contribution is 2.10. The lowest BCUT2D eigenvalue weighted by molar-refractivity contribution is 0.0214.